The van der Waals surface area contributed by atoms with Gasteiger partial charge in [0.2, 0.25) is 0 Å². The van der Waals surface area contributed by atoms with Crippen molar-refractivity contribution in [3.63, 3.8) is 0 Å². The highest BCUT2D eigenvalue weighted by atomic mass is 79.9. The lowest BCUT2D eigenvalue weighted by molar-refractivity contribution is 0.838. The Morgan fingerprint density at radius 2 is 1.84 bits per heavy atom. The molecule has 0 bridgehead atoms. The highest BCUT2D eigenvalue weighted by Crippen LogP contribution is 2.14. The molecule has 0 aliphatic heterocycles. The average Bonchev–Trinajstić information content (AvgIpc) is 2.80. The van der Waals surface area contributed by atoms with Crippen LogP contribution in [0.2, 0.25) is 0 Å². The van der Waals surface area contributed by atoms with E-state index in [2.05, 4.69) is 57.3 Å². The number of hydrogen-bond acceptors (Lipinski definition) is 2. The maximum atomic E-state index is 4.26. The molecular weight excluding hydrogens is 302 g/mol. The second-order valence-electron chi connectivity index (χ2n) is 4.67. The fraction of sp³-hybridized carbons (Fsp3) is 0.200. The van der Waals surface area contributed by atoms with E-state index in [-0.39, 0.29) is 0 Å². The molecule has 4 heteroatoms. The van der Waals surface area contributed by atoms with Crippen molar-refractivity contribution in [3.05, 3.63) is 64.0 Å². The van der Waals surface area contributed by atoms with Gasteiger partial charge >= 0.3 is 0 Å². The van der Waals surface area contributed by atoms with Gasteiger partial charge in [-0.3, -0.25) is 4.40 Å². The van der Waals surface area contributed by atoms with Crippen LogP contribution in [-0.4, -0.2) is 14.6 Å². The van der Waals surface area contributed by atoms with Crippen LogP contribution in [0.5, 0.6) is 0 Å². The Bertz CT molecular complexity index is 701. The second-order valence-corrected chi connectivity index (χ2v) is 5.59. The molecule has 0 aliphatic carbocycles. The average molecular weight is 316 g/mol. The first kappa shape index (κ1) is 12.4. The van der Waals surface area contributed by atoms with Crippen molar-refractivity contribution >= 4 is 21.6 Å². The maximum absolute atomic E-state index is 4.26. The molecule has 0 N–H and O–H groups in total. The van der Waals surface area contributed by atoms with Crippen LogP contribution in [-0.2, 0) is 12.8 Å². The van der Waals surface area contributed by atoms with Crippen molar-refractivity contribution < 1.29 is 0 Å². The van der Waals surface area contributed by atoms with Gasteiger partial charge in [-0.1, -0.05) is 45.8 Å². The normalized spacial score (nSPS) is 11.1. The third kappa shape index (κ3) is 2.68. The smallest absolute Gasteiger partial charge is 0.161 e. The number of aromatic nitrogens is 3. The lowest BCUT2D eigenvalue weighted by Crippen LogP contribution is -1.98. The molecule has 0 radical (unpaired) electrons. The van der Waals surface area contributed by atoms with E-state index in [1.807, 2.05) is 22.7 Å². The Kier molecular flexibility index (Phi) is 3.34. The Labute approximate surface area is 120 Å². The Balaban J connectivity index is 1.80. The van der Waals surface area contributed by atoms with E-state index in [1.54, 1.807) is 0 Å². The zero-order chi connectivity index (χ0) is 13.2. The van der Waals surface area contributed by atoms with Gasteiger partial charge in [0.05, 0.1) is 0 Å². The van der Waals surface area contributed by atoms with E-state index in [0.29, 0.717) is 0 Å². The van der Waals surface area contributed by atoms with Crippen molar-refractivity contribution in [3.8, 4) is 0 Å². The van der Waals surface area contributed by atoms with Gasteiger partial charge in [0.25, 0.3) is 0 Å². The number of rotatable bonds is 3. The van der Waals surface area contributed by atoms with Crippen LogP contribution < -0.4 is 0 Å². The van der Waals surface area contributed by atoms with Crippen LogP contribution in [0.1, 0.15) is 17.0 Å². The molecular formula is C15H14BrN3. The van der Waals surface area contributed by atoms with Crippen LogP contribution in [0.4, 0.5) is 0 Å². The standard InChI is InChI=1S/C15H14BrN3/c1-11-2-4-12(5-3-11)6-7-14-17-18-15-10-13(16)8-9-19(14)15/h2-5,8-10H,6-7H2,1H3. The number of nitrogens with zero attached hydrogens (tertiary/aromatic N) is 3. The lowest BCUT2D eigenvalue weighted by atomic mass is 10.1. The van der Waals surface area contributed by atoms with Crippen LogP contribution >= 0.6 is 15.9 Å². The molecule has 3 nitrogen and oxygen atoms in total. The minimum absolute atomic E-state index is 0.883. The van der Waals surface area contributed by atoms with E-state index in [0.717, 1.165) is 28.8 Å². The largest absolute Gasteiger partial charge is 0.286 e. The van der Waals surface area contributed by atoms with Crippen molar-refractivity contribution in [2.45, 2.75) is 19.8 Å². The topological polar surface area (TPSA) is 30.2 Å². The summed E-state index contributed by atoms with van der Waals surface area (Å²) in [5, 5.41) is 8.45. The number of pyridine rings is 1. The summed E-state index contributed by atoms with van der Waals surface area (Å²) in [6.45, 7) is 2.10. The van der Waals surface area contributed by atoms with Gasteiger partial charge in [-0.05, 0) is 31.0 Å². The third-order valence-corrected chi connectivity index (χ3v) is 3.69. The van der Waals surface area contributed by atoms with Crippen LogP contribution in [0.15, 0.2) is 47.1 Å². The van der Waals surface area contributed by atoms with Crippen molar-refractivity contribution in [2.75, 3.05) is 0 Å². The van der Waals surface area contributed by atoms with Gasteiger partial charge < -0.3 is 0 Å². The zero-order valence-electron chi connectivity index (χ0n) is 10.7. The van der Waals surface area contributed by atoms with Crippen LogP contribution in [0.25, 0.3) is 5.65 Å². The summed E-state index contributed by atoms with van der Waals surface area (Å²) in [7, 11) is 0. The van der Waals surface area contributed by atoms with Gasteiger partial charge in [0.1, 0.15) is 5.82 Å². The number of halogens is 1. The molecule has 0 amide bonds. The molecule has 0 unspecified atom stereocenters. The molecule has 1 aromatic carbocycles. The molecule has 19 heavy (non-hydrogen) atoms. The molecule has 3 aromatic rings. The molecule has 0 saturated heterocycles. The van der Waals surface area contributed by atoms with Gasteiger partial charge in [0.15, 0.2) is 5.65 Å². The third-order valence-electron chi connectivity index (χ3n) is 3.20. The fourth-order valence-electron chi connectivity index (χ4n) is 2.10. The summed E-state index contributed by atoms with van der Waals surface area (Å²) in [5.41, 5.74) is 3.51. The molecule has 0 saturated carbocycles. The summed E-state index contributed by atoms with van der Waals surface area (Å²) >= 11 is 3.44. The maximum Gasteiger partial charge on any atom is 0.161 e. The number of fused-ring (bicyclic) bond motifs is 1. The minimum atomic E-state index is 0.883. The highest BCUT2D eigenvalue weighted by Gasteiger charge is 2.05. The summed E-state index contributed by atoms with van der Waals surface area (Å²) in [5.74, 6) is 1.00. The van der Waals surface area contributed by atoms with Crippen molar-refractivity contribution in [1.29, 1.82) is 0 Å². The van der Waals surface area contributed by atoms with E-state index in [9.17, 15) is 0 Å². The summed E-state index contributed by atoms with van der Waals surface area (Å²) < 4.78 is 3.07. The number of hydrogen-bond donors (Lipinski definition) is 0. The van der Waals surface area contributed by atoms with Crippen molar-refractivity contribution in [2.24, 2.45) is 0 Å². The first-order valence-electron chi connectivity index (χ1n) is 6.27. The molecule has 3 rings (SSSR count). The summed E-state index contributed by atoms with van der Waals surface area (Å²) in [6.07, 6.45) is 3.88. The fourth-order valence-corrected chi connectivity index (χ4v) is 2.42. The molecule has 96 valence electrons. The zero-order valence-corrected chi connectivity index (χ0v) is 12.3. The van der Waals surface area contributed by atoms with E-state index < -0.39 is 0 Å². The summed E-state index contributed by atoms with van der Waals surface area (Å²) in [6, 6.07) is 12.6. The molecule has 2 heterocycles. The first-order chi connectivity index (χ1) is 9.22. The van der Waals surface area contributed by atoms with Crippen LogP contribution in [0.3, 0.4) is 0 Å². The van der Waals surface area contributed by atoms with Gasteiger partial charge in [0, 0.05) is 17.1 Å². The molecule has 2 aromatic heterocycles. The molecule has 0 spiro atoms. The highest BCUT2D eigenvalue weighted by molar-refractivity contribution is 9.10. The van der Waals surface area contributed by atoms with Crippen LogP contribution in [0, 0.1) is 6.92 Å². The monoisotopic (exact) mass is 315 g/mol. The quantitative estimate of drug-likeness (QED) is 0.739. The van der Waals surface area contributed by atoms with Gasteiger partial charge in [-0.25, -0.2) is 0 Å². The Morgan fingerprint density at radius 1 is 1.05 bits per heavy atom. The molecule has 0 aliphatic rings. The Hall–Kier alpha value is -1.68. The van der Waals surface area contributed by atoms with E-state index in [1.165, 1.54) is 11.1 Å². The minimum Gasteiger partial charge on any atom is -0.286 e. The van der Waals surface area contributed by atoms with Gasteiger partial charge in [-0.15, -0.1) is 10.2 Å². The first-order valence-corrected chi connectivity index (χ1v) is 7.06. The molecule has 0 atom stereocenters. The second kappa shape index (κ2) is 5.13. The predicted molar refractivity (Wildman–Crippen MR) is 79.3 cm³/mol. The number of benzene rings is 1. The number of aryl methyl sites for hydroxylation is 3. The SMILES string of the molecule is Cc1ccc(CCc2nnc3cc(Br)ccn23)cc1. The van der Waals surface area contributed by atoms with E-state index >= 15 is 0 Å². The van der Waals surface area contributed by atoms with Gasteiger partial charge in [-0.2, -0.15) is 0 Å². The lowest BCUT2D eigenvalue weighted by Gasteiger charge is -2.02. The predicted octanol–water partition coefficient (Wildman–Crippen LogP) is 3.59. The molecule has 0 fully saturated rings. The summed E-state index contributed by atoms with van der Waals surface area (Å²) in [4.78, 5) is 0. The Morgan fingerprint density at radius 3 is 2.63 bits per heavy atom. The van der Waals surface area contributed by atoms with Crippen molar-refractivity contribution in [1.82, 2.24) is 14.6 Å². The van der Waals surface area contributed by atoms with E-state index in [4.69, 9.17) is 0 Å².